The van der Waals surface area contributed by atoms with Crippen molar-refractivity contribution in [2.75, 3.05) is 11.9 Å². The molecule has 0 saturated heterocycles. The lowest BCUT2D eigenvalue weighted by Gasteiger charge is -2.30. The van der Waals surface area contributed by atoms with E-state index in [0.717, 1.165) is 17.7 Å². The summed E-state index contributed by atoms with van der Waals surface area (Å²) in [6, 6.07) is 14.0. The van der Waals surface area contributed by atoms with Gasteiger partial charge in [-0.1, -0.05) is 24.3 Å². The van der Waals surface area contributed by atoms with Crippen LogP contribution in [0.5, 0.6) is 5.75 Å². The Morgan fingerprint density at radius 1 is 1.00 bits per heavy atom. The maximum Gasteiger partial charge on any atom is 0.121 e. The third-order valence-corrected chi connectivity index (χ3v) is 3.21. The standard InChI is InChI=1S/C14H13NO/c1-15-12-6-3-2-5-10(12)9-11-13(15)7-4-8-14(11)16/h2-8,16H,9H2,1H3. The summed E-state index contributed by atoms with van der Waals surface area (Å²) in [6.07, 6.45) is 0.808. The van der Waals surface area contributed by atoms with Crippen LogP contribution in [0.1, 0.15) is 11.1 Å². The number of anilines is 2. The molecule has 3 rings (SSSR count). The fourth-order valence-corrected chi connectivity index (χ4v) is 2.37. The summed E-state index contributed by atoms with van der Waals surface area (Å²) < 4.78 is 0. The van der Waals surface area contributed by atoms with Crippen molar-refractivity contribution in [1.82, 2.24) is 0 Å². The maximum atomic E-state index is 9.87. The topological polar surface area (TPSA) is 23.5 Å². The number of phenolic OH excluding ortho intramolecular Hbond substituents is 1. The van der Waals surface area contributed by atoms with E-state index < -0.39 is 0 Å². The quantitative estimate of drug-likeness (QED) is 0.724. The Bertz CT molecular complexity index is 548. The third kappa shape index (κ3) is 1.20. The molecule has 0 aromatic heterocycles. The summed E-state index contributed by atoms with van der Waals surface area (Å²) in [5, 5.41) is 9.87. The monoisotopic (exact) mass is 211 g/mol. The first-order valence-electron chi connectivity index (χ1n) is 5.40. The average molecular weight is 211 g/mol. The lowest BCUT2D eigenvalue weighted by atomic mass is 9.95. The summed E-state index contributed by atoms with van der Waals surface area (Å²) in [7, 11) is 2.04. The molecule has 1 heterocycles. The number of aromatic hydroxyl groups is 1. The minimum Gasteiger partial charge on any atom is -0.508 e. The van der Waals surface area contributed by atoms with E-state index in [9.17, 15) is 5.11 Å². The van der Waals surface area contributed by atoms with E-state index in [1.165, 1.54) is 11.3 Å². The Morgan fingerprint density at radius 3 is 2.62 bits per heavy atom. The molecule has 0 radical (unpaired) electrons. The van der Waals surface area contributed by atoms with Gasteiger partial charge in [-0.15, -0.1) is 0 Å². The normalized spacial score (nSPS) is 13.2. The number of fused-ring (bicyclic) bond motifs is 2. The number of phenols is 1. The molecule has 1 N–H and O–H groups in total. The van der Waals surface area contributed by atoms with E-state index in [1.807, 2.05) is 31.3 Å². The van der Waals surface area contributed by atoms with Crippen LogP contribution in [0.4, 0.5) is 11.4 Å². The lowest BCUT2D eigenvalue weighted by molar-refractivity contribution is 0.469. The molecule has 0 amide bonds. The molecule has 1 aliphatic rings. The zero-order valence-corrected chi connectivity index (χ0v) is 9.14. The van der Waals surface area contributed by atoms with Gasteiger partial charge < -0.3 is 10.0 Å². The Morgan fingerprint density at radius 2 is 1.75 bits per heavy atom. The van der Waals surface area contributed by atoms with Crippen molar-refractivity contribution in [2.24, 2.45) is 0 Å². The number of para-hydroxylation sites is 1. The van der Waals surface area contributed by atoms with E-state index >= 15 is 0 Å². The number of nitrogens with zero attached hydrogens (tertiary/aromatic N) is 1. The Kier molecular flexibility index (Phi) is 1.90. The van der Waals surface area contributed by atoms with Crippen molar-refractivity contribution in [3.05, 3.63) is 53.6 Å². The van der Waals surface area contributed by atoms with Crippen LogP contribution in [0.15, 0.2) is 42.5 Å². The first-order chi connectivity index (χ1) is 7.77. The van der Waals surface area contributed by atoms with Crippen molar-refractivity contribution in [2.45, 2.75) is 6.42 Å². The molecular weight excluding hydrogens is 198 g/mol. The van der Waals surface area contributed by atoms with Crippen molar-refractivity contribution in [1.29, 1.82) is 0 Å². The van der Waals surface area contributed by atoms with Gasteiger partial charge in [-0.05, 0) is 23.8 Å². The highest BCUT2D eigenvalue weighted by Crippen LogP contribution is 2.40. The van der Waals surface area contributed by atoms with Gasteiger partial charge in [0.05, 0.1) is 0 Å². The van der Waals surface area contributed by atoms with E-state index in [1.54, 1.807) is 6.07 Å². The van der Waals surface area contributed by atoms with Gasteiger partial charge in [-0.2, -0.15) is 0 Å². The fourth-order valence-electron chi connectivity index (χ4n) is 2.37. The molecule has 2 aromatic rings. The molecule has 2 aromatic carbocycles. The van der Waals surface area contributed by atoms with Crippen molar-refractivity contribution < 1.29 is 5.11 Å². The fraction of sp³-hybridized carbons (Fsp3) is 0.143. The highest BCUT2D eigenvalue weighted by Gasteiger charge is 2.21. The summed E-state index contributed by atoms with van der Waals surface area (Å²) in [5.74, 6) is 0.388. The van der Waals surface area contributed by atoms with Crippen LogP contribution in [0.3, 0.4) is 0 Å². The minimum atomic E-state index is 0.388. The van der Waals surface area contributed by atoms with E-state index in [2.05, 4.69) is 17.0 Å². The van der Waals surface area contributed by atoms with Crippen molar-refractivity contribution in [3.8, 4) is 5.75 Å². The number of benzene rings is 2. The maximum absolute atomic E-state index is 9.87. The largest absolute Gasteiger partial charge is 0.508 e. The van der Waals surface area contributed by atoms with Gasteiger partial charge in [-0.3, -0.25) is 0 Å². The smallest absolute Gasteiger partial charge is 0.121 e. The number of rotatable bonds is 0. The molecule has 1 aliphatic heterocycles. The highest BCUT2D eigenvalue weighted by molar-refractivity contribution is 5.75. The van der Waals surface area contributed by atoms with Gasteiger partial charge in [0.25, 0.3) is 0 Å². The lowest BCUT2D eigenvalue weighted by Crippen LogP contribution is -2.18. The second-order valence-corrected chi connectivity index (χ2v) is 4.14. The van der Waals surface area contributed by atoms with Gasteiger partial charge in [-0.25, -0.2) is 0 Å². The molecule has 0 saturated carbocycles. The van der Waals surface area contributed by atoms with Crippen LogP contribution in [0, 0.1) is 0 Å². The van der Waals surface area contributed by atoms with Gasteiger partial charge >= 0.3 is 0 Å². The molecule has 80 valence electrons. The summed E-state index contributed by atoms with van der Waals surface area (Å²) >= 11 is 0. The minimum absolute atomic E-state index is 0.388. The molecule has 2 nitrogen and oxygen atoms in total. The molecule has 0 unspecified atom stereocenters. The first kappa shape index (κ1) is 9.28. The van der Waals surface area contributed by atoms with Crippen molar-refractivity contribution >= 4 is 11.4 Å². The molecule has 16 heavy (non-hydrogen) atoms. The van der Waals surface area contributed by atoms with Gasteiger partial charge in [0.15, 0.2) is 0 Å². The molecular formula is C14H13NO. The predicted octanol–water partition coefficient (Wildman–Crippen LogP) is 3.06. The molecule has 0 spiro atoms. The highest BCUT2D eigenvalue weighted by atomic mass is 16.3. The molecule has 0 bridgehead atoms. The molecule has 0 atom stereocenters. The second kappa shape index (κ2) is 3.27. The molecule has 2 heteroatoms. The zero-order chi connectivity index (χ0) is 11.1. The third-order valence-electron chi connectivity index (χ3n) is 3.21. The van der Waals surface area contributed by atoms with Crippen molar-refractivity contribution in [3.63, 3.8) is 0 Å². The predicted molar refractivity (Wildman–Crippen MR) is 65.4 cm³/mol. The van der Waals surface area contributed by atoms with Gasteiger partial charge in [0.1, 0.15) is 5.75 Å². The van der Waals surface area contributed by atoms with E-state index in [-0.39, 0.29) is 0 Å². The first-order valence-corrected chi connectivity index (χ1v) is 5.40. The average Bonchev–Trinajstić information content (AvgIpc) is 2.31. The number of hydrogen-bond acceptors (Lipinski definition) is 2. The van der Waals surface area contributed by atoms with Crippen LogP contribution in [0.2, 0.25) is 0 Å². The van der Waals surface area contributed by atoms with E-state index in [4.69, 9.17) is 0 Å². The van der Waals surface area contributed by atoms with Crippen LogP contribution in [-0.4, -0.2) is 12.2 Å². The number of hydrogen-bond donors (Lipinski definition) is 1. The summed E-state index contributed by atoms with van der Waals surface area (Å²) in [4.78, 5) is 2.13. The Hall–Kier alpha value is -1.96. The Labute approximate surface area is 94.8 Å². The summed E-state index contributed by atoms with van der Waals surface area (Å²) in [5.41, 5.74) is 4.60. The van der Waals surface area contributed by atoms with Gasteiger partial charge in [0, 0.05) is 30.4 Å². The Balaban J connectivity index is 2.22. The van der Waals surface area contributed by atoms with Crippen LogP contribution in [-0.2, 0) is 6.42 Å². The second-order valence-electron chi connectivity index (χ2n) is 4.14. The van der Waals surface area contributed by atoms with E-state index in [0.29, 0.717) is 5.75 Å². The SMILES string of the molecule is CN1c2ccccc2Cc2c(O)cccc21. The zero-order valence-electron chi connectivity index (χ0n) is 9.14. The van der Waals surface area contributed by atoms with Crippen LogP contribution >= 0.6 is 0 Å². The van der Waals surface area contributed by atoms with Crippen LogP contribution < -0.4 is 4.90 Å². The molecule has 0 aliphatic carbocycles. The molecule has 0 fully saturated rings. The van der Waals surface area contributed by atoms with Gasteiger partial charge in [0.2, 0.25) is 0 Å². The summed E-state index contributed by atoms with van der Waals surface area (Å²) in [6.45, 7) is 0. The van der Waals surface area contributed by atoms with Crippen LogP contribution in [0.25, 0.3) is 0 Å².